The third kappa shape index (κ3) is 4.30. The van der Waals surface area contributed by atoms with Crippen LogP contribution in [0.25, 0.3) is 0 Å². The Bertz CT molecular complexity index is 418. The Morgan fingerprint density at radius 3 is 2.67 bits per heavy atom. The monoisotopic (exact) mass is 308 g/mol. The SMILES string of the molecule is CCCCCCN1C(=O)C(CCCC)NC1c1cccs1. The highest BCUT2D eigenvalue weighted by Crippen LogP contribution is 2.30. The first-order valence-electron chi connectivity index (χ1n) is 8.37. The second-order valence-electron chi connectivity index (χ2n) is 5.87. The molecule has 1 aliphatic rings. The summed E-state index contributed by atoms with van der Waals surface area (Å²) in [6.45, 7) is 5.29. The molecule has 4 heteroatoms. The fraction of sp³-hybridized carbons (Fsp3) is 0.706. The minimum atomic E-state index is 0.0169. The number of amides is 1. The Hall–Kier alpha value is -0.870. The van der Waals surface area contributed by atoms with E-state index in [-0.39, 0.29) is 12.2 Å². The van der Waals surface area contributed by atoms with Gasteiger partial charge in [0.15, 0.2) is 0 Å². The zero-order valence-electron chi connectivity index (χ0n) is 13.3. The highest BCUT2D eigenvalue weighted by molar-refractivity contribution is 7.10. The van der Waals surface area contributed by atoms with Crippen LogP contribution < -0.4 is 5.32 Å². The van der Waals surface area contributed by atoms with Crippen LogP contribution in [0.15, 0.2) is 17.5 Å². The Morgan fingerprint density at radius 2 is 2.00 bits per heavy atom. The summed E-state index contributed by atoms with van der Waals surface area (Å²) in [7, 11) is 0. The molecular formula is C17H28N2OS. The van der Waals surface area contributed by atoms with Gasteiger partial charge in [0.1, 0.15) is 6.17 Å². The molecule has 2 rings (SSSR count). The predicted octanol–water partition coefficient (Wildman–Crippen LogP) is 4.32. The number of carbonyl (C=O) groups is 1. The van der Waals surface area contributed by atoms with E-state index in [1.165, 1.54) is 24.1 Å². The third-order valence-electron chi connectivity index (χ3n) is 4.16. The van der Waals surface area contributed by atoms with Gasteiger partial charge in [0.05, 0.1) is 6.04 Å². The molecule has 1 aromatic heterocycles. The maximum absolute atomic E-state index is 12.6. The van der Waals surface area contributed by atoms with Gasteiger partial charge in [0, 0.05) is 11.4 Å². The standard InChI is InChI=1S/C17H28N2OS/c1-3-5-7-8-12-19-16(15-11-9-13-21-15)18-14(17(19)20)10-6-4-2/h9,11,13-14,16,18H,3-8,10,12H2,1-2H3. The van der Waals surface area contributed by atoms with E-state index in [1.807, 2.05) is 0 Å². The van der Waals surface area contributed by atoms with Crippen LogP contribution in [0.2, 0.25) is 0 Å². The Morgan fingerprint density at radius 1 is 1.19 bits per heavy atom. The summed E-state index contributed by atoms with van der Waals surface area (Å²) in [4.78, 5) is 16.0. The quantitative estimate of drug-likeness (QED) is 0.689. The van der Waals surface area contributed by atoms with Crippen molar-refractivity contribution in [1.29, 1.82) is 0 Å². The van der Waals surface area contributed by atoms with Crippen LogP contribution in [0, 0.1) is 0 Å². The van der Waals surface area contributed by atoms with E-state index in [1.54, 1.807) is 11.3 Å². The summed E-state index contributed by atoms with van der Waals surface area (Å²) in [6.07, 6.45) is 8.15. The molecule has 0 bridgehead atoms. The zero-order valence-corrected chi connectivity index (χ0v) is 14.1. The number of thiophene rings is 1. The van der Waals surface area contributed by atoms with Gasteiger partial charge in [-0.2, -0.15) is 0 Å². The van der Waals surface area contributed by atoms with E-state index in [2.05, 4.69) is 41.6 Å². The number of hydrogen-bond donors (Lipinski definition) is 1. The van der Waals surface area contributed by atoms with Crippen molar-refractivity contribution in [3.8, 4) is 0 Å². The van der Waals surface area contributed by atoms with Crippen molar-refractivity contribution in [3.05, 3.63) is 22.4 Å². The first kappa shape index (κ1) is 16.5. The summed E-state index contributed by atoms with van der Waals surface area (Å²) in [5, 5.41) is 5.65. The molecule has 3 nitrogen and oxygen atoms in total. The van der Waals surface area contributed by atoms with Gasteiger partial charge in [0.2, 0.25) is 5.91 Å². The van der Waals surface area contributed by atoms with Crippen LogP contribution in [-0.4, -0.2) is 23.4 Å². The third-order valence-corrected chi connectivity index (χ3v) is 5.09. The van der Waals surface area contributed by atoms with Crippen LogP contribution in [0.5, 0.6) is 0 Å². The molecule has 1 amide bonds. The van der Waals surface area contributed by atoms with Crippen molar-refractivity contribution < 1.29 is 4.79 Å². The number of nitrogens with one attached hydrogen (secondary N) is 1. The van der Waals surface area contributed by atoms with Gasteiger partial charge in [-0.15, -0.1) is 11.3 Å². The summed E-state index contributed by atoms with van der Waals surface area (Å²) < 4.78 is 0. The van der Waals surface area contributed by atoms with Crippen molar-refractivity contribution in [2.45, 2.75) is 71.0 Å². The van der Waals surface area contributed by atoms with Crippen LogP contribution >= 0.6 is 11.3 Å². The molecule has 0 aromatic carbocycles. The summed E-state index contributed by atoms with van der Waals surface area (Å²) in [6, 6.07) is 4.22. The molecular weight excluding hydrogens is 280 g/mol. The number of rotatable bonds is 9. The van der Waals surface area contributed by atoms with Crippen LogP contribution in [0.1, 0.15) is 69.8 Å². The van der Waals surface area contributed by atoms with Crippen LogP contribution in [-0.2, 0) is 4.79 Å². The largest absolute Gasteiger partial charge is 0.321 e. The molecule has 118 valence electrons. The van der Waals surface area contributed by atoms with Crippen LogP contribution in [0.4, 0.5) is 0 Å². The molecule has 2 heterocycles. The summed E-state index contributed by atoms with van der Waals surface area (Å²) >= 11 is 1.74. The molecule has 0 aliphatic carbocycles. The van der Waals surface area contributed by atoms with Gasteiger partial charge < -0.3 is 4.90 Å². The lowest BCUT2D eigenvalue weighted by Gasteiger charge is -2.23. The van der Waals surface area contributed by atoms with Crippen molar-refractivity contribution >= 4 is 17.2 Å². The summed E-state index contributed by atoms with van der Waals surface area (Å²) in [5.41, 5.74) is 0. The first-order valence-corrected chi connectivity index (χ1v) is 9.25. The minimum absolute atomic E-state index is 0.0169. The van der Waals surface area contributed by atoms with Crippen molar-refractivity contribution in [1.82, 2.24) is 10.2 Å². The minimum Gasteiger partial charge on any atom is -0.321 e. The van der Waals surface area contributed by atoms with E-state index in [0.29, 0.717) is 5.91 Å². The van der Waals surface area contributed by atoms with Gasteiger partial charge in [-0.05, 0) is 24.3 Å². The van der Waals surface area contributed by atoms with Gasteiger partial charge in [0.25, 0.3) is 0 Å². The Labute approximate surface area is 132 Å². The number of carbonyl (C=O) groups excluding carboxylic acids is 1. The van der Waals surface area contributed by atoms with E-state index in [4.69, 9.17) is 0 Å². The maximum Gasteiger partial charge on any atom is 0.241 e. The van der Waals surface area contributed by atoms with E-state index < -0.39 is 0 Å². The lowest BCUT2D eigenvalue weighted by molar-refractivity contribution is -0.130. The van der Waals surface area contributed by atoms with Gasteiger partial charge in [-0.1, -0.05) is 52.0 Å². The number of hydrogen-bond acceptors (Lipinski definition) is 3. The van der Waals surface area contributed by atoms with Crippen LogP contribution in [0.3, 0.4) is 0 Å². The lowest BCUT2D eigenvalue weighted by Crippen LogP contribution is -2.31. The molecule has 2 unspecified atom stereocenters. The van der Waals surface area contributed by atoms with Crippen molar-refractivity contribution in [3.63, 3.8) is 0 Å². The normalized spacial score (nSPS) is 22.2. The highest BCUT2D eigenvalue weighted by atomic mass is 32.1. The van der Waals surface area contributed by atoms with E-state index in [0.717, 1.165) is 32.2 Å². The number of unbranched alkanes of at least 4 members (excludes halogenated alkanes) is 4. The van der Waals surface area contributed by atoms with E-state index >= 15 is 0 Å². The van der Waals surface area contributed by atoms with Gasteiger partial charge in [-0.25, -0.2) is 0 Å². The topological polar surface area (TPSA) is 32.3 Å². The van der Waals surface area contributed by atoms with Crippen molar-refractivity contribution in [2.75, 3.05) is 6.54 Å². The Balaban J connectivity index is 1.99. The number of nitrogens with zero attached hydrogens (tertiary/aromatic N) is 1. The average Bonchev–Trinajstić information content (AvgIpc) is 3.11. The molecule has 1 fully saturated rings. The maximum atomic E-state index is 12.6. The predicted molar refractivity (Wildman–Crippen MR) is 89.4 cm³/mol. The van der Waals surface area contributed by atoms with Gasteiger partial charge >= 0.3 is 0 Å². The lowest BCUT2D eigenvalue weighted by atomic mass is 10.1. The smallest absolute Gasteiger partial charge is 0.241 e. The molecule has 1 aliphatic heterocycles. The zero-order chi connectivity index (χ0) is 15.1. The van der Waals surface area contributed by atoms with E-state index in [9.17, 15) is 4.79 Å². The second kappa shape index (κ2) is 8.54. The molecule has 1 N–H and O–H groups in total. The second-order valence-corrected chi connectivity index (χ2v) is 6.85. The molecule has 2 atom stereocenters. The first-order chi connectivity index (χ1) is 10.3. The fourth-order valence-corrected chi connectivity index (χ4v) is 3.72. The molecule has 0 radical (unpaired) electrons. The molecule has 1 aromatic rings. The summed E-state index contributed by atoms with van der Waals surface area (Å²) in [5.74, 6) is 0.304. The van der Waals surface area contributed by atoms with Gasteiger partial charge in [-0.3, -0.25) is 10.1 Å². The molecule has 0 saturated carbocycles. The molecule has 21 heavy (non-hydrogen) atoms. The Kier molecular flexibility index (Phi) is 6.71. The molecule has 1 saturated heterocycles. The highest BCUT2D eigenvalue weighted by Gasteiger charge is 2.38. The molecule has 0 spiro atoms. The van der Waals surface area contributed by atoms with Crippen molar-refractivity contribution in [2.24, 2.45) is 0 Å². The fourth-order valence-electron chi connectivity index (χ4n) is 2.93. The average molecular weight is 308 g/mol.